The van der Waals surface area contributed by atoms with Crippen LogP contribution in [-0.2, 0) is 15.5 Å². The van der Waals surface area contributed by atoms with E-state index >= 15 is 0 Å². The van der Waals surface area contributed by atoms with Crippen LogP contribution in [0.1, 0.15) is 69.9 Å². The molecule has 0 heterocycles. The van der Waals surface area contributed by atoms with Crippen LogP contribution in [0.5, 0.6) is 5.75 Å². The molecule has 0 saturated heterocycles. The van der Waals surface area contributed by atoms with Gasteiger partial charge in [-0.1, -0.05) is 13.0 Å². The Morgan fingerprint density at radius 3 is 2.61 bits per heavy atom. The van der Waals surface area contributed by atoms with Gasteiger partial charge in [-0.2, -0.15) is 0 Å². The molecular weight excluding hydrogens is 417 g/mol. The summed E-state index contributed by atoms with van der Waals surface area (Å²) >= 11 is 0. The normalized spacial score (nSPS) is 32.0. The molecule has 2 fully saturated rings. The molecule has 8 heteroatoms. The van der Waals surface area contributed by atoms with Crippen molar-refractivity contribution in [1.82, 2.24) is 4.90 Å². The van der Waals surface area contributed by atoms with Gasteiger partial charge in [-0.15, -0.1) is 0 Å². The van der Waals surface area contributed by atoms with Gasteiger partial charge in [-0.25, -0.2) is 9.36 Å². The molecule has 3 aliphatic rings. The maximum absolute atomic E-state index is 12.3. The lowest BCUT2D eigenvalue weighted by molar-refractivity contribution is -0.0217. The molecule has 0 unspecified atom stereocenters. The second-order valence-electron chi connectivity index (χ2n) is 9.52. The number of hydrogen-bond acceptors (Lipinski definition) is 4. The Morgan fingerprint density at radius 1 is 1.19 bits per heavy atom. The van der Waals surface area contributed by atoms with Crippen molar-refractivity contribution in [1.29, 1.82) is 0 Å². The minimum Gasteiger partial charge on any atom is -0.410 e. The molecule has 5 atom stereocenters. The molecule has 3 aliphatic carbocycles. The molecule has 1 amide bonds. The van der Waals surface area contributed by atoms with Gasteiger partial charge in [0.25, 0.3) is 0 Å². The first-order valence-electron chi connectivity index (χ1n) is 11.5. The van der Waals surface area contributed by atoms with Crippen LogP contribution in [-0.4, -0.2) is 40.0 Å². The predicted molar refractivity (Wildman–Crippen MR) is 117 cm³/mol. The van der Waals surface area contributed by atoms with Gasteiger partial charge >= 0.3 is 13.9 Å². The van der Waals surface area contributed by atoms with E-state index in [0.717, 1.165) is 32.1 Å². The number of benzene rings is 1. The van der Waals surface area contributed by atoms with E-state index in [1.807, 2.05) is 26.0 Å². The average molecular weight is 452 g/mol. The number of carbonyl (C=O) groups is 1. The molecule has 172 valence electrons. The molecule has 0 aromatic heterocycles. The highest BCUT2D eigenvalue weighted by Gasteiger charge is 2.56. The number of hydrogen-bond donors (Lipinski definition) is 2. The lowest BCUT2D eigenvalue weighted by Gasteiger charge is -2.50. The smallest absolute Gasteiger partial charge is 0.410 e. The van der Waals surface area contributed by atoms with Crippen molar-refractivity contribution in [2.75, 3.05) is 13.1 Å². The van der Waals surface area contributed by atoms with Crippen LogP contribution in [0.2, 0.25) is 0 Å². The highest BCUT2D eigenvalue weighted by Crippen LogP contribution is 2.63. The summed E-state index contributed by atoms with van der Waals surface area (Å²) < 4.78 is 22.3. The van der Waals surface area contributed by atoms with Gasteiger partial charge in [0, 0.05) is 13.1 Å². The van der Waals surface area contributed by atoms with Crippen molar-refractivity contribution in [2.24, 2.45) is 17.3 Å². The molecule has 2 N–H and O–H groups in total. The van der Waals surface area contributed by atoms with E-state index < -0.39 is 7.82 Å². The van der Waals surface area contributed by atoms with Crippen LogP contribution in [0.15, 0.2) is 18.2 Å². The highest BCUT2D eigenvalue weighted by atomic mass is 31.2. The Labute approximate surface area is 184 Å². The predicted octanol–water partition coefficient (Wildman–Crippen LogP) is 4.86. The second-order valence-corrected chi connectivity index (χ2v) is 10.7. The fourth-order valence-corrected chi connectivity index (χ4v) is 7.24. The molecule has 0 spiro atoms. The maximum Gasteiger partial charge on any atom is 0.469 e. The number of rotatable bonds is 5. The van der Waals surface area contributed by atoms with Crippen LogP contribution < -0.4 is 4.74 Å². The number of fused-ring (bicyclic) bond motifs is 5. The molecule has 1 aromatic carbocycles. The summed E-state index contributed by atoms with van der Waals surface area (Å²) in [6, 6.07) is 6.05. The third-order valence-corrected chi connectivity index (χ3v) is 8.63. The van der Waals surface area contributed by atoms with Crippen LogP contribution >= 0.6 is 7.82 Å². The number of phosphoric ester groups is 1. The lowest BCUT2D eigenvalue weighted by atomic mass is 9.55. The summed E-state index contributed by atoms with van der Waals surface area (Å²) in [7, 11) is -4.48. The molecule has 1 aromatic rings. The maximum atomic E-state index is 12.3. The molecule has 2 saturated carbocycles. The van der Waals surface area contributed by atoms with Gasteiger partial charge < -0.3 is 19.4 Å². The summed E-state index contributed by atoms with van der Waals surface area (Å²) in [5, 5.41) is 0. The highest BCUT2D eigenvalue weighted by molar-refractivity contribution is 7.46. The van der Waals surface area contributed by atoms with E-state index in [1.165, 1.54) is 11.1 Å². The zero-order valence-corrected chi connectivity index (χ0v) is 19.5. The van der Waals surface area contributed by atoms with Gasteiger partial charge in [-0.05, 0) is 98.8 Å². The zero-order chi connectivity index (χ0) is 22.4. The standard InChI is InChI=1S/C23H34NO6P/c1-4-24(5-2)22(25)29-16-7-9-17-15(14-16)6-8-19-18(17)12-13-23(3)20(19)10-11-21(23)30-31(26,27)28/h7,9,14,18-21H,4-6,8,10-13H2,1-3H3,(H2,26,27,28)/t18-,19-,20+,21+,23+/m1/s1. The second kappa shape index (κ2) is 8.51. The van der Waals surface area contributed by atoms with E-state index in [2.05, 4.69) is 13.0 Å². The Morgan fingerprint density at radius 2 is 1.94 bits per heavy atom. The molecule has 31 heavy (non-hydrogen) atoms. The Bertz CT molecular complexity index is 881. The Kier molecular flexibility index (Phi) is 6.25. The van der Waals surface area contributed by atoms with Crippen LogP contribution in [0, 0.1) is 17.3 Å². The summed E-state index contributed by atoms with van der Waals surface area (Å²) in [4.78, 5) is 32.7. The third kappa shape index (κ3) is 4.30. The molecule has 4 rings (SSSR count). The van der Waals surface area contributed by atoms with Crippen molar-refractivity contribution >= 4 is 13.9 Å². The minimum atomic E-state index is -4.48. The fraction of sp³-hybridized carbons (Fsp3) is 0.696. The van der Waals surface area contributed by atoms with Gasteiger partial charge in [0.1, 0.15) is 5.75 Å². The van der Waals surface area contributed by atoms with E-state index in [0.29, 0.717) is 43.0 Å². The van der Waals surface area contributed by atoms with E-state index in [4.69, 9.17) is 9.26 Å². The van der Waals surface area contributed by atoms with Crippen LogP contribution in [0.3, 0.4) is 0 Å². The summed E-state index contributed by atoms with van der Waals surface area (Å²) in [6.45, 7) is 7.28. The average Bonchev–Trinajstić information content (AvgIpc) is 3.03. The fourth-order valence-electron chi connectivity index (χ4n) is 6.56. The lowest BCUT2D eigenvalue weighted by Crippen LogP contribution is -2.44. The van der Waals surface area contributed by atoms with Crippen molar-refractivity contribution in [2.45, 2.75) is 71.3 Å². The topological polar surface area (TPSA) is 96.3 Å². The number of carbonyl (C=O) groups excluding carboxylic acids is 1. The Balaban J connectivity index is 1.51. The van der Waals surface area contributed by atoms with Crippen molar-refractivity contribution < 1.29 is 28.4 Å². The Hall–Kier alpha value is -1.40. The first-order valence-corrected chi connectivity index (χ1v) is 13.0. The van der Waals surface area contributed by atoms with Gasteiger partial charge in [-0.3, -0.25) is 4.52 Å². The number of phosphoric acid groups is 1. The van der Waals surface area contributed by atoms with Crippen molar-refractivity contribution in [3.05, 3.63) is 29.3 Å². The SMILES string of the molecule is CCN(CC)C(=O)Oc1ccc2c(c1)CC[C@@H]1[C@@H]2CC[C@]2(C)[C@@H](OP(=O)(O)O)CC[C@@H]12. The third-order valence-electron chi connectivity index (χ3n) is 8.10. The largest absolute Gasteiger partial charge is 0.469 e. The summed E-state index contributed by atoms with van der Waals surface area (Å²) in [5.74, 6) is 1.96. The molecule has 0 bridgehead atoms. The molecule has 7 nitrogen and oxygen atoms in total. The van der Waals surface area contributed by atoms with Crippen molar-refractivity contribution in [3.63, 3.8) is 0 Å². The summed E-state index contributed by atoms with van der Waals surface area (Å²) in [6.07, 6.45) is 4.86. The quantitative estimate of drug-likeness (QED) is 0.621. The number of nitrogens with zero attached hydrogens (tertiary/aromatic N) is 1. The number of aryl methyl sites for hydroxylation is 1. The summed E-state index contributed by atoms with van der Waals surface area (Å²) in [5.41, 5.74) is 2.43. The van der Waals surface area contributed by atoms with E-state index in [1.54, 1.807) is 4.90 Å². The van der Waals surface area contributed by atoms with Crippen LogP contribution in [0.4, 0.5) is 4.79 Å². The zero-order valence-electron chi connectivity index (χ0n) is 18.6. The van der Waals surface area contributed by atoms with E-state index in [9.17, 15) is 19.1 Å². The first kappa shape index (κ1) is 22.8. The molecular formula is C23H34NO6P. The number of amides is 1. The number of ether oxygens (including phenoxy) is 1. The van der Waals surface area contributed by atoms with Gasteiger partial charge in [0.2, 0.25) is 0 Å². The monoisotopic (exact) mass is 451 g/mol. The van der Waals surface area contributed by atoms with Gasteiger partial charge in [0.15, 0.2) is 0 Å². The molecule has 0 radical (unpaired) electrons. The van der Waals surface area contributed by atoms with Crippen LogP contribution in [0.25, 0.3) is 0 Å². The molecule has 0 aliphatic heterocycles. The van der Waals surface area contributed by atoms with E-state index in [-0.39, 0.29) is 17.6 Å². The van der Waals surface area contributed by atoms with Crippen molar-refractivity contribution in [3.8, 4) is 5.75 Å². The van der Waals surface area contributed by atoms with Gasteiger partial charge in [0.05, 0.1) is 6.10 Å². The minimum absolute atomic E-state index is 0.182. The first-order chi connectivity index (χ1) is 14.7.